The van der Waals surface area contributed by atoms with E-state index in [1.807, 2.05) is 0 Å². The predicted octanol–water partition coefficient (Wildman–Crippen LogP) is 1.73. The molecular formula is C9H8N4O3. The first kappa shape index (κ1) is 10.1. The van der Waals surface area contributed by atoms with Gasteiger partial charge in [-0.3, -0.25) is 10.1 Å². The molecule has 2 rings (SSSR count). The van der Waals surface area contributed by atoms with Gasteiger partial charge in [-0.2, -0.15) is 0 Å². The largest absolute Gasteiger partial charge is 0.366 e. The summed E-state index contributed by atoms with van der Waals surface area (Å²) in [4.78, 5) is 14.1. The van der Waals surface area contributed by atoms with Crippen molar-refractivity contribution in [2.24, 2.45) is 0 Å². The van der Waals surface area contributed by atoms with Gasteiger partial charge >= 0.3 is 5.69 Å². The maximum Gasteiger partial charge on any atom is 0.333 e. The van der Waals surface area contributed by atoms with Gasteiger partial charge in [0.25, 0.3) is 0 Å². The smallest absolute Gasteiger partial charge is 0.333 e. The SMILES string of the molecule is C=CCNc1ncc([N+](=O)[O-])c2oncc12. The third-order valence-electron chi connectivity index (χ3n) is 1.98. The Kier molecular flexibility index (Phi) is 2.50. The van der Waals surface area contributed by atoms with Gasteiger partial charge in [-0.1, -0.05) is 11.2 Å². The summed E-state index contributed by atoms with van der Waals surface area (Å²) in [7, 11) is 0. The predicted molar refractivity (Wildman–Crippen MR) is 57.1 cm³/mol. The quantitative estimate of drug-likeness (QED) is 0.479. The molecular weight excluding hydrogens is 212 g/mol. The highest BCUT2D eigenvalue weighted by Crippen LogP contribution is 2.28. The van der Waals surface area contributed by atoms with Gasteiger partial charge in [-0.15, -0.1) is 6.58 Å². The third kappa shape index (κ3) is 1.58. The number of rotatable bonds is 4. The van der Waals surface area contributed by atoms with Gasteiger partial charge < -0.3 is 9.84 Å². The van der Waals surface area contributed by atoms with Crippen molar-refractivity contribution < 1.29 is 9.45 Å². The highest BCUT2D eigenvalue weighted by molar-refractivity contribution is 5.92. The molecule has 0 bridgehead atoms. The Morgan fingerprint density at radius 2 is 2.44 bits per heavy atom. The van der Waals surface area contributed by atoms with Crippen LogP contribution in [0.15, 0.2) is 29.6 Å². The van der Waals surface area contributed by atoms with E-state index in [9.17, 15) is 10.1 Å². The van der Waals surface area contributed by atoms with Gasteiger partial charge in [0.15, 0.2) is 0 Å². The fourth-order valence-corrected chi connectivity index (χ4v) is 1.29. The molecule has 0 spiro atoms. The van der Waals surface area contributed by atoms with Crippen molar-refractivity contribution in [3.8, 4) is 0 Å². The summed E-state index contributed by atoms with van der Waals surface area (Å²) in [6, 6.07) is 0. The number of pyridine rings is 1. The van der Waals surface area contributed by atoms with E-state index < -0.39 is 4.92 Å². The van der Waals surface area contributed by atoms with Gasteiger partial charge in [-0.25, -0.2) is 4.98 Å². The summed E-state index contributed by atoms with van der Waals surface area (Å²) >= 11 is 0. The van der Waals surface area contributed by atoms with Crippen LogP contribution in [0.4, 0.5) is 11.5 Å². The third-order valence-corrected chi connectivity index (χ3v) is 1.98. The molecule has 2 aromatic rings. The van der Waals surface area contributed by atoms with Crippen molar-refractivity contribution >= 4 is 22.5 Å². The Bertz CT molecular complexity index is 549. The fourth-order valence-electron chi connectivity index (χ4n) is 1.29. The minimum Gasteiger partial charge on any atom is -0.366 e. The van der Waals surface area contributed by atoms with E-state index in [0.29, 0.717) is 17.7 Å². The molecule has 0 aliphatic heterocycles. The Hall–Kier alpha value is -2.44. The van der Waals surface area contributed by atoms with Crippen LogP contribution in [0.2, 0.25) is 0 Å². The minimum atomic E-state index is -0.558. The number of hydrogen-bond acceptors (Lipinski definition) is 6. The Morgan fingerprint density at radius 1 is 1.62 bits per heavy atom. The molecule has 1 N–H and O–H groups in total. The van der Waals surface area contributed by atoms with Crippen molar-refractivity contribution in [1.29, 1.82) is 0 Å². The van der Waals surface area contributed by atoms with Crippen molar-refractivity contribution in [3.05, 3.63) is 35.2 Å². The molecule has 2 aromatic heterocycles. The number of nitrogens with zero attached hydrogens (tertiary/aromatic N) is 3. The topological polar surface area (TPSA) is 94.1 Å². The molecule has 7 nitrogen and oxygen atoms in total. The number of aromatic nitrogens is 2. The van der Waals surface area contributed by atoms with Gasteiger partial charge in [0.2, 0.25) is 5.58 Å². The molecule has 82 valence electrons. The first-order valence-corrected chi connectivity index (χ1v) is 4.46. The van der Waals surface area contributed by atoms with E-state index in [2.05, 4.69) is 22.0 Å². The van der Waals surface area contributed by atoms with E-state index in [1.165, 1.54) is 6.20 Å². The second-order valence-corrected chi connectivity index (χ2v) is 2.99. The lowest BCUT2D eigenvalue weighted by Gasteiger charge is -2.02. The summed E-state index contributed by atoms with van der Waals surface area (Å²) < 4.78 is 4.83. The Morgan fingerprint density at radius 3 is 3.12 bits per heavy atom. The number of nitrogens with one attached hydrogen (secondary N) is 1. The maximum absolute atomic E-state index is 10.7. The van der Waals surface area contributed by atoms with Crippen molar-refractivity contribution in [2.45, 2.75) is 0 Å². The summed E-state index contributed by atoms with van der Waals surface area (Å²) in [5.74, 6) is 0.488. The molecule has 2 heterocycles. The van der Waals surface area contributed by atoms with E-state index >= 15 is 0 Å². The van der Waals surface area contributed by atoms with Crippen molar-refractivity contribution in [1.82, 2.24) is 10.1 Å². The Balaban J connectivity index is 2.54. The van der Waals surface area contributed by atoms with Crippen molar-refractivity contribution in [3.63, 3.8) is 0 Å². The summed E-state index contributed by atoms with van der Waals surface area (Å²) in [6.07, 6.45) is 4.18. The first-order valence-electron chi connectivity index (χ1n) is 4.46. The summed E-state index contributed by atoms with van der Waals surface area (Å²) in [5, 5.41) is 17.6. The normalized spacial score (nSPS) is 10.2. The maximum atomic E-state index is 10.7. The first-order chi connectivity index (χ1) is 7.74. The molecule has 0 unspecified atom stereocenters. The van der Waals surface area contributed by atoms with Crippen LogP contribution in [-0.4, -0.2) is 21.6 Å². The molecule has 0 radical (unpaired) electrons. The number of anilines is 1. The minimum absolute atomic E-state index is 0.117. The van der Waals surface area contributed by atoms with Gasteiger partial charge in [0, 0.05) is 6.54 Å². The van der Waals surface area contributed by atoms with E-state index in [-0.39, 0.29) is 11.3 Å². The second-order valence-electron chi connectivity index (χ2n) is 2.99. The van der Waals surface area contributed by atoms with Gasteiger partial charge in [0.1, 0.15) is 12.0 Å². The standard InChI is InChI=1S/C9H8N4O3/c1-2-3-10-9-6-4-12-16-8(6)7(5-11-9)13(14)15/h2,4-5H,1,3H2,(H,10,11). The van der Waals surface area contributed by atoms with Crippen LogP contribution >= 0.6 is 0 Å². The lowest BCUT2D eigenvalue weighted by molar-refractivity contribution is -0.384. The molecule has 0 aliphatic rings. The Labute approximate surface area is 89.9 Å². The highest BCUT2D eigenvalue weighted by Gasteiger charge is 2.19. The molecule has 16 heavy (non-hydrogen) atoms. The zero-order valence-corrected chi connectivity index (χ0v) is 8.21. The van der Waals surface area contributed by atoms with E-state index in [4.69, 9.17) is 4.52 Å². The van der Waals surface area contributed by atoms with Gasteiger partial charge in [0.05, 0.1) is 16.5 Å². The zero-order valence-electron chi connectivity index (χ0n) is 8.21. The van der Waals surface area contributed by atoms with Crippen LogP contribution in [0.5, 0.6) is 0 Å². The average Bonchev–Trinajstić information content (AvgIpc) is 2.74. The van der Waals surface area contributed by atoms with E-state index in [1.54, 1.807) is 6.08 Å². The molecule has 0 fully saturated rings. The molecule has 0 aliphatic carbocycles. The van der Waals surface area contributed by atoms with Crippen LogP contribution in [-0.2, 0) is 0 Å². The van der Waals surface area contributed by atoms with Crippen LogP contribution in [0.1, 0.15) is 0 Å². The lowest BCUT2D eigenvalue weighted by Crippen LogP contribution is -2.01. The fraction of sp³-hybridized carbons (Fsp3) is 0.111. The number of hydrogen-bond donors (Lipinski definition) is 1. The summed E-state index contributed by atoms with van der Waals surface area (Å²) in [5.41, 5.74) is -0.0804. The molecule has 0 amide bonds. The molecule has 0 aromatic carbocycles. The van der Waals surface area contributed by atoms with E-state index in [0.717, 1.165) is 6.20 Å². The zero-order chi connectivity index (χ0) is 11.5. The van der Waals surface area contributed by atoms with Crippen LogP contribution < -0.4 is 5.32 Å². The van der Waals surface area contributed by atoms with Crippen LogP contribution in [0.3, 0.4) is 0 Å². The molecule has 7 heteroatoms. The van der Waals surface area contributed by atoms with Crippen LogP contribution in [0.25, 0.3) is 11.0 Å². The molecule has 0 atom stereocenters. The van der Waals surface area contributed by atoms with Crippen molar-refractivity contribution in [2.75, 3.05) is 11.9 Å². The number of fused-ring (bicyclic) bond motifs is 1. The molecule has 0 saturated carbocycles. The number of nitro groups is 1. The monoisotopic (exact) mass is 220 g/mol. The highest BCUT2D eigenvalue weighted by atomic mass is 16.6. The van der Waals surface area contributed by atoms with Gasteiger partial charge in [-0.05, 0) is 0 Å². The molecule has 0 saturated heterocycles. The average molecular weight is 220 g/mol. The van der Waals surface area contributed by atoms with Crippen LogP contribution in [0, 0.1) is 10.1 Å². The summed E-state index contributed by atoms with van der Waals surface area (Å²) in [6.45, 7) is 4.06. The lowest BCUT2D eigenvalue weighted by atomic mass is 10.3. The second kappa shape index (κ2) is 3.97.